The lowest BCUT2D eigenvalue weighted by molar-refractivity contribution is 0.0730. The predicted octanol–water partition coefficient (Wildman–Crippen LogP) is 1.81. The number of morpholine rings is 1. The van der Waals surface area contributed by atoms with Crippen molar-refractivity contribution < 1.29 is 17.9 Å². The maximum absolute atomic E-state index is 13.0. The van der Waals surface area contributed by atoms with Gasteiger partial charge in [-0.15, -0.1) is 0 Å². The summed E-state index contributed by atoms with van der Waals surface area (Å²) in [4.78, 5) is 25.1. The molecule has 0 spiro atoms. The van der Waals surface area contributed by atoms with Crippen molar-refractivity contribution in [2.24, 2.45) is 0 Å². The van der Waals surface area contributed by atoms with E-state index in [1.54, 1.807) is 37.3 Å². The van der Waals surface area contributed by atoms with Crippen molar-refractivity contribution >= 4 is 21.6 Å². The third-order valence-electron chi connectivity index (χ3n) is 5.10. The molecule has 9 nitrogen and oxygen atoms in total. The van der Waals surface area contributed by atoms with E-state index in [0.717, 1.165) is 4.68 Å². The molecule has 2 aromatic carbocycles. The van der Waals surface area contributed by atoms with Crippen molar-refractivity contribution in [1.82, 2.24) is 14.1 Å². The minimum absolute atomic E-state index is 0.0225. The van der Waals surface area contributed by atoms with E-state index in [2.05, 4.69) is 10.4 Å². The van der Waals surface area contributed by atoms with Crippen LogP contribution in [-0.4, -0.2) is 54.7 Å². The molecule has 2 heterocycles. The van der Waals surface area contributed by atoms with Gasteiger partial charge in [0.15, 0.2) is 0 Å². The Balaban J connectivity index is 1.61. The Labute approximate surface area is 185 Å². The molecule has 1 saturated heterocycles. The molecule has 1 fully saturated rings. The van der Waals surface area contributed by atoms with Crippen LogP contribution in [0, 0.1) is 6.92 Å². The number of ether oxygens (including phenoxy) is 1. The summed E-state index contributed by atoms with van der Waals surface area (Å²) in [6, 6.07) is 15.9. The first kappa shape index (κ1) is 21.9. The summed E-state index contributed by atoms with van der Waals surface area (Å²) in [7, 11) is -3.71. The fourth-order valence-electron chi connectivity index (χ4n) is 3.31. The average Bonchev–Trinajstić information content (AvgIpc) is 2.81. The van der Waals surface area contributed by atoms with Gasteiger partial charge in [-0.2, -0.15) is 14.1 Å². The van der Waals surface area contributed by atoms with Crippen LogP contribution in [-0.2, 0) is 14.8 Å². The zero-order valence-corrected chi connectivity index (χ0v) is 18.2. The van der Waals surface area contributed by atoms with Gasteiger partial charge in [0.1, 0.15) is 5.69 Å². The number of hydrogen-bond acceptors (Lipinski definition) is 6. The molecule has 1 N–H and O–H groups in total. The number of para-hydroxylation sites is 1. The topological polar surface area (TPSA) is 111 Å². The van der Waals surface area contributed by atoms with Gasteiger partial charge in [0.25, 0.3) is 11.5 Å². The van der Waals surface area contributed by atoms with Gasteiger partial charge in [0, 0.05) is 24.8 Å². The fraction of sp³-hybridized carbons (Fsp3) is 0.227. The number of rotatable bonds is 5. The lowest BCUT2D eigenvalue weighted by Crippen LogP contribution is -2.40. The van der Waals surface area contributed by atoms with E-state index in [1.807, 2.05) is 6.07 Å². The highest BCUT2D eigenvalue weighted by Crippen LogP contribution is 2.24. The summed E-state index contributed by atoms with van der Waals surface area (Å²) in [6.07, 6.45) is 0. The van der Waals surface area contributed by atoms with E-state index in [0.29, 0.717) is 30.2 Å². The average molecular weight is 455 g/mol. The molecule has 10 heteroatoms. The number of nitrogens with zero attached hydrogens (tertiary/aromatic N) is 3. The van der Waals surface area contributed by atoms with Crippen molar-refractivity contribution in [1.29, 1.82) is 0 Å². The van der Waals surface area contributed by atoms with E-state index in [4.69, 9.17) is 4.74 Å². The van der Waals surface area contributed by atoms with Crippen LogP contribution in [0.25, 0.3) is 5.69 Å². The monoisotopic (exact) mass is 454 g/mol. The molecular formula is C22H22N4O5S. The third kappa shape index (κ3) is 4.47. The smallest absolute Gasteiger partial charge is 0.276 e. The van der Waals surface area contributed by atoms with Gasteiger partial charge in [-0.25, -0.2) is 8.42 Å². The number of anilines is 1. The molecule has 0 atom stereocenters. The second-order valence-electron chi connectivity index (χ2n) is 7.25. The maximum atomic E-state index is 13.0. The number of hydrogen-bond donors (Lipinski definition) is 1. The number of nitrogens with one attached hydrogen (secondary N) is 1. The number of carbonyl (C=O) groups excluding carboxylic acids is 1. The Morgan fingerprint density at radius 2 is 1.75 bits per heavy atom. The molecule has 1 amide bonds. The highest BCUT2D eigenvalue weighted by Gasteiger charge is 2.27. The Morgan fingerprint density at radius 1 is 1.03 bits per heavy atom. The van der Waals surface area contributed by atoms with Crippen molar-refractivity contribution in [3.63, 3.8) is 0 Å². The molecular weight excluding hydrogens is 432 g/mol. The van der Waals surface area contributed by atoms with E-state index in [9.17, 15) is 18.0 Å². The first-order chi connectivity index (χ1) is 15.4. The second-order valence-corrected chi connectivity index (χ2v) is 9.19. The van der Waals surface area contributed by atoms with Gasteiger partial charge >= 0.3 is 0 Å². The van der Waals surface area contributed by atoms with Crippen LogP contribution in [0.3, 0.4) is 0 Å². The highest BCUT2D eigenvalue weighted by atomic mass is 32.2. The molecule has 32 heavy (non-hydrogen) atoms. The zero-order chi connectivity index (χ0) is 22.7. The van der Waals surface area contributed by atoms with Gasteiger partial charge < -0.3 is 10.1 Å². The van der Waals surface area contributed by atoms with Gasteiger partial charge in [0.05, 0.1) is 23.8 Å². The summed E-state index contributed by atoms with van der Waals surface area (Å²) in [5.41, 5.74) is 1.22. The minimum Gasteiger partial charge on any atom is -0.379 e. The van der Waals surface area contributed by atoms with Crippen molar-refractivity contribution in [3.8, 4) is 5.69 Å². The van der Waals surface area contributed by atoms with Crippen LogP contribution in [0.5, 0.6) is 0 Å². The molecule has 0 aliphatic carbocycles. The van der Waals surface area contributed by atoms with Gasteiger partial charge in [0.2, 0.25) is 10.0 Å². The molecule has 1 aromatic heterocycles. The second kappa shape index (κ2) is 9.03. The largest absolute Gasteiger partial charge is 0.379 e. The predicted molar refractivity (Wildman–Crippen MR) is 119 cm³/mol. The van der Waals surface area contributed by atoms with Gasteiger partial charge in [-0.1, -0.05) is 24.3 Å². The van der Waals surface area contributed by atoms with E-state index >= 15 is 0 Å². The first-order valence-electron chi connectivity index (χ1n) is 10.0. The van der Waals surface area contributed by atoms with Crippen LogP contribution < -0.4 is 10.9 Å². The van der Waals surface area contributed by atoms with Gasteiger partial charge in [-0.3, -0.25) is 9.59 Å². The minimum atomic E-state index is -3.71. The maximum Gasteiger partial charge on any atom is 0.276 e. The molecule has 0 bridgehead atoms. The van der Waals surface area contributed by atoms with Crippen molar-refractivity contribution in [3.05, 3.63) is 82.3 Å². The molecule has 4 rings (SSSR count). The fourth-order valence-corrected chi connectivity index (χ4v) is 4.74. The molecule has 3 aromatic rings. The van der Waals surface area contributed by atoms with Crippen molar-refractivity contribution in [2.75, 3.05) is 31.6 Å². The Morgan fingerprint density at radius 3 is 2.47 bits per heavy atom. The molecule has 0 saturated carbocycles. The number of aromatic nitrogens is 2. The Bertz CT molecular complexity index is 1300. The SMILES string of the molecule is Cc1ccc(S(=O)(=O)N2CCOCC2)cc1NC(=O)c1ccc(=O)n(-c2ccccc2)n1. The Kier molecular flexibility index (Phi) is 6.17. The molecule has 0 unspecified atom stereocenters. The third-order valence-corrected chi connectivity index (χ3v) is 6.99. The number of benzene rings is 2. The van der Waals surface area contributed by atoms with Crippen LogP contribution in [0.1, 0.15) is 16.1 Å². The molecule has 1 aliphatic heterocycles. The Hall–Kier alpha value is -3.34. The lowest BCUT2D eigenvalue weighted by Gasteiger charge is -2.26. The summed E-state index contributed by atoms with van der Waals surface area (Å²) in [5.74, 6) is -0.557. The summed E-state index contributed by atoms with van der Waals surface area (Å²) in [6.45, 7) is 3.01. The van der Waals surface area contributed by atoms with E-state index < -0.39 is 15.9 Å². The molecule has 1 aliphatic rings. The van der Waals surface area contributed by atoms with Crippen LogP contribution in [0.4, 0.5) is 5.69 Å². The molecule has 0 radical (unpaired) electrons. The van der Waals surface area contributed by atoms with E-state index in [1.165, 1.54) is 28.6 Å². The van der Waals surface area contributed by atoms with E-state index in [-0.39, 0.29) is 29.2 Å². The van der Waals surface area contributed by atoms with Gasteiger partial charge in [-0.05, 0) is 42.8 Å². The van der Waals surface area contributed by atoms with Crippen LogP contribution in [0.15, 0.2) is 70.4 Å². The van der Waals surface area contributed by atoms with Crippen LogP contribution >= 0.6 is 0 Å². The summed E-state index contributed by atoms with van der Waals surface area (Å²) in [5, 5.41) is 6.88. The summed E-state index contributed by atoms with van der Waals surface area (Å²) >= 11 is 0. The quantitative estimate of drug-likeness (QED) is 0.630. The highest BCUT2D eigenvalue weighted by molar-refractivity contribution is 7.89. The van der Waals surface area contributed by atoms with Crippen LogP contribution in [0.2, 0.25) is 0 Å². The lowest BCUT2D eigenvalue weighted by atomic mass is 10.2. The molecule has 166 valence electrons. The number of amides is 1. The number of carbonyl (C=O) groups is 1. The number of aryl methyl sites for hydroxylation is 1. The summed E-state index contributed by atoms with van der Waals surface area (Å²) < 4.78 is 33.6. The number of sulfonamides is 1. The standard InChI is InChI=1S/C22H22N4O5S/c1-16-7-8-18(32(29,30)25-11-13-31-14-12-25)15-20(16)23-22(28)19-9-10-21(27)26(24-19)17-5-3-2-4-6-17/h2-10,15H,11-14H2,1H3,(H,23,28). The normalized spacial score (nSPS) is 14.8. The zero-order valence-electron chi connectivity index (χ0n) is 17.4. The first-order valence-corrected chi connectivity index (χ1v) is 11.5. The van der Waals surface area contributed by atoms with Crippen molar-refractivity contribution in [2.45, 2.75) is 11.8 Å².